The van der Waals surface area contributed by atoms with Gasteiger partial charge >= 0.3 is 5.97 Å². The van der Waals surface area contributed by atoms with E-state index in [2.05, 4.69) is 25.0 Å². The summed E-state index contributed by atoms with van der Waals surface area (Å²) in [6.07, 6.45) is 5.90. The summed E-state index contributed by atoms with van der Waals surface area (Å²) in [5.74, 6) is 4.29. The average molecular weight is 504 g/mol. The highest BCUT2D eigenvalue weighted by Crippen LogP contribution is 2.23. The molecule has 0 saturated carbocycles. The number of aromatic nitrogens is 4. The van der Waals surface area contributed by atoms with Gasteiger partial charge in [0.25, 0.3) is 5.91 Å². The third kappa shape index (κ3) is 6.26. The lowest BCUT2D eigenvalue weighted by Crippen LogP contribution is -2.46. The van der Waals surface area contributed by atoms with Gasteiger partial charge in [-0.05, 0) is 24.5 Å². The molecule has 2 aromatic heterocycles. The second-order valence-corrected chi connectivity index (χ2v) is 8.65. The van der Waals surface area contributed by atoms with E-state index in [0.717, 1.165) is 29.3 Å². The lowest BCUT2D eigenvalue weighted by atomic mass is 10.0. The number of rotatable bonds is 6. The monoisotopic (exact) mass is 503 g/mol. The first-order valence-electron chi connectivity index (χ1n) is 11.8. The zero-order chi connectivity index (χ0) is 26.2. The van der Waals surface area contributed by atoms with Crippen LogP contribution in [0.2, 0.25) is 0 Å². The van der Waals surface area contributed by atoms with Crippen molar-refractivity contribution in [3.8, 4) is 0 Å². The maximum Gasteiger partial charge on any atom is 0.338 e. The van der Waals surface area contributed by atoms with E-state index < -0.39 is 5.97 Å². The largest absolute Gasteiger partial charge is 0.478 e. The van der Waals surface area contributed by atoms with Crippen LogP contribution in [-0.4, -0.2) is 68.2 Å². The molecular weight excluding hydrogens is 474 g/mol. The second-order valence-electron chi connectivity index (χ2n) is 8.65. The van der Waals surface area contributed by atoms with Gasteiger partial charge in [-0.15, -0.1) is 0 Å². The molecule has 11 heteroatoms. The highest BCUT2D eigenvalue weighted by atomic mass is 16.6. The molecule has 0 aliphatic carbocycles. The zero-order valence-electron chi connectivity index (χ0n) is 20.4. The van der Waals surface area contributed by atoms with Gasteiger partial charge < -0.3 is 14.9 Å². The molecule has 1 saturated heterocycles. The zero-order valence-corrected chi connectivity index (χ0v) is 20.4. The van der Waals surface area contributed by atoms with Crippen LogP contribution in [0.3, 0.4) is 0 Å². The van der Waals surface area contributed by atoms with Crippen LogP contribution >= 0.6 is 0 Å². The SMILES string of the molecule is CN(c1ncc(C(=O)O)cn1)C1CCN(C(=O)c2cccc3cn[nH]c23)CC1.NOCc1ccccc1. The summed E-state index contributed by atoms with van der Waals surface area (Å²) in [5.41, 5.74) is 2.55. The number of fused-ring (bicyclic) bond motifs is 1. The molecule has 0 atom stereocenters. The summed E-state index contributed by atoms with van der Waals surface area (Å²) >= 11 is 0. The Labute approximate surface area is 213 Å². The fourth-order valence-corrected chi connectivity index (χ4v) is 4.22. The van der Waals surface area contributed by atoms with Gasteiger partial charge in [0.15, 0.2) is 0 Å². The van der Waals surface area contributed by atoms with Crippen molar-refractivity contribution >= 4 is 28.7 Å². The normalized spacial score (nSPS) is 13.6. The standard InChI is InChI=1S/C19H20N6O3.C7H9NO/c1-24(19-20-9-13(10-21-19)18(27)28)14-5-7-25(8-6-14)17(26)15-4-2-3-12-11-22-23-16(12)15;8-9-6-7-4-2-1-3-5-7/h2-4,9-11,14H,5-8H2,1H3,(H,22,23)(H,27,28);1-5H,6,8H2. The van der Waals surface area contributed by atoms with Gasteiger partial charge in [0, 0.05) is 44.0 Å². The quantitative estimate of drug-likeness (QED) is 0.337. The van der Waals surface area contributed by atoms with Crippen molar-refractivity contribution in [2.24, 2.45) is 5.90 Å². The molecule has 0 bridgehead atoms. The van der Waals surface area contributed by atoms with Crippen molar-refractivity contribution in [3.63, 3.8) is 0 Å². The van der Waals surface area contributed by atoms with Gasteiger partial charge in [0.2, 0.25) is 5.95 Å². The Hall–Kier alpha value is -4.35. The van der Waals surface area contributed by atoms with Gasteiger partial charge in [-0.25, -0.2) is 20.7 Å². The van der Waals surface area contributed by atoms with Crippen molar-refractivity contribution in [1.29, 1.82) is 0 Å². The molecule has 1 fully saturated rings. The summed E-state index contributed by atoms with van der Waals surface area (Å²) in [7, 11) is 1.89. The summed E-state index contributed by atoms with van der Waals surface area (Å²) in [4.78, 5) is 40.4. The van der Waals surface area contributed by atoms with Crippen LogP contribution in [0.15, 0.2) is 67.1 Å². The van der Waals surface area contributed by atoms with Crippen LogP contribution < -0.4 is 10.8 Å². The minimum absolute atomic E-state index is 0.00184. The fraction of sp³-hybridized carbons (Fsp3) is 0.269. The van der Waals surface area contributed by atoms with Crippen LogP contribution in [0, 0.1) is 0 Å². The topological polar surface area (TPSA) is 151 Å². The van der Waals surface area contributed by atoms with E-state index in [0.29, 0.717) is 31.2 Å². The minimum atomic E-state index is -1.05. The number of piperidine rings is 1. The predicted molar refractivity (Wildman–Crippen MR) is 138 cm³/mol. The number of carbonyl (C=O) groups excluding carboxylic acids is 1. The van der Waals surface area contributed by atoms with Gasteiger partial charge in [0.05, 0.1) is 29.4 Å². The van der Waals surface area contributed by atoms with Crippen molar-refractivity contribution < 1.29 is 19.5 Å². The Morgan fingerprint density at radius 1 is 1.08 bits per heavy atom. The number of para-hydroxylation sites is 1. The van der Waals surface area contributed by atoms with E-state index in [9.17, 15) is 9.59 Å². The maximum absolute atomic E-state index is 12.9. The summed E-state index contributed by atoms with van der Waals surface area (Å²) in [6, 6.07) is 15.6. The molecule has 0 spiro atoms. The third-order valence-electron chi connectivity index (χ3n) is 6.30. The van der Waals surface area contributed by atoms with Crippen LogP contribution in [-0.2, 0) is 11.4 Å². The third-order valence-corrected chi connectivity index (χ3v) is 6.30. The van der Waals surface area contributed by atoms with Crippen LogP contribution in [0.1, 0.15) is 39.1 Å². The highest BCUT2D eigenvalue weighted by Gasteiger charge is 2.28. The predicted octanol–water partition coefficient (Wildman–Crippen LogP) is 2.87. The molecule has 2 aromatic carbocycles. The van der Waals surface area contributed by atoms with Crippen molar-refractivity contribution in [1.82, 2.24) is 25.1 Å². The number of carboxylic acids is 1. The van der Waals surface area contributed by atoms with Crippen LogP contribution in [0.25, 0.3) is 10.9 Å². The Kier molecular flexibility index (Phi) is 8.39. The smallest absolute Gasteiger partial charge is 0.338 e. The van der Waals surface area contributed by atoms with Crippen molar-refractivity contribution in [2.75, 3.05) is 25.0 Å². The molecule has 5 rings (SSSR count). The lowest BCUT2D eigenvalue weighted by molar-refractivity contribution is 0.0693. The number of H-pyrrole nitrogens is 1. The number of carbonyl (C=O) groups is 2. The van der Waals surface area contributed by atoms with E-state index in [-0.39, 0.29) is 17.5 Å². The number of hydrogen-bond acceptors (Lipinski definition) is 8. The Morgan fingerprint density at radius 3 is 2.43 bits per heavy atom. The maximum atomic E-state index is 12.9. The Morgan fingerprint density at radius 2 is 1.78 bits per heavy atom. The molecule has 4 N–H and O–H groups in total. The summed E-state index contributed by atoms with van der Waals surface area (Å²) < 4.78 is 0. The molecule has 3 heterocycles. The number of nitrogens with zero attached hydrogens (tertiary/aromatic N) is 5. The van der Waals surface area contributed by atoms with Gasteiger partial charge in [-0.2, -0.15) is 5.10 Å². The van der Waals surface area contributed by atoms with E-state index in [4.69, 9.17) is 11.0 Å². The first-order valence-corrected chi connectivity index (χ1v) is 11.8. The molecule has 11 nitrogen and oxygen atoms in total. The molecular formula is C26H29N7O4. The number of carboxylic acid groups (broad SMARTS) is 1. The number of benzene rings is 2. The number of aromatic carboxylic acids is 1. The number of nitrogens with two attached hydrogens (primary N) is 1. The van der Waals surface area contributed by atoms with Crippen molar-refractivity contribution in [2.45, 2.75) is 25.5 Å². The Balaban J connectivity index is 0.000000301. The summed E-state index contributed by atoms with van der Waals surface area (Å²) in [5, 5.41) is 16.8. The molecule has 1 aliphatic heterocycles. The number of hydrogen-bond donors (Lipinski definition) is 3. The van der Waals surface area contributed by atoms with Crippen molar-refractivity contribution in [3.05, 3.63) is 83.8 Å². The molecule has 1 amide bonds. The molecule has 0 unspecified atom stereocenters. The van der Waals surface area contributed by atoms with E-state index in [1.54, 1.807) is 6.20 Å². The number of amides is 1. The van der Waals surface area contributed by atoms with E-state index in [1.165, 1.54) is 12.4 Å². The molecule has 192 valence electrons. The molecule has 37 heavy (non-hydrogen) atoms. The van der Waals surface area contributed by atoms with E-state index in [1.807, 2.05) is 65.4 Å². The fourth-order valence-electron chi connectivity index (χ4n) is 4.22. The van der Waals surface area contributed by atoms with Crippen LogP contribution in [0.5, 0.6) is 0 Å². The summed E-state index contributed by atoms with van der Waals surface area (Å²) in [6.45, 7) is 1.75. The van der Waals surface area contributed by atoms with Gasteiger partial charge in [0.1, 0.15) is 0 Å². The lowest BCUT2D eigenvalue weighted by Gasteiger charge is -2.36. The highest BCUT2D eigenvalue weighted by molar-refractivity contribution is 6.05. The van der Waals surface area contributed by atoms with Crippen LogP contribution in [0.4, 0.5) is 5.95 Å². The molecule has 1 aliphatic rings. The Bertz CT molecular complexity index is 1320. The van der Waals surface area contributed by atoms with Gasteiger partial charge in [-0.3, -0.25) is 14.7 Å². The first-order chi connectivity index (χ1) is 18.0. The second kappa shape index (κ2) is 12.1. The number of nitrogens with one attached hydrogen (secondary N) is 1. The number of likely N-dealkylation sites (tertiary alicyclic amines) is 1. The number of aromatic amines is 1. The average Bonchev–Trinajstić information content (AvgIpc) is 3.43. The van der Waals surface area contributed by atoms with Gasteiger partial charge in [-0.1, -0.05) is 42.5 Å². The first kappa shape index (κ1) is 25.7. The molecule has 4 aromatic rings. The van der Waals surface area contributed by atoms with E-state index >= 15 is 0 Å². The molecule has 0 radical (unpaired) electrons. The minimum Gasteiger partial charge on any atom is -0.478 e. The number of anilines is 1.